The second-order valence-electron chi connectivity index (χ2n) is 4.16. The lowest BCUT2D eigenvalue weighted by Gasteiger charge is -2.04. The summed E-state index contributed by atoms with van der Waals surface area (Å²) in [5, 5.41) is 21.9. The molecule has 0 atom stereocenters. The third-order valence-electron chi connectivity index (χ3n) is 3.03. The Morgan fingerprint density at radius 3 is 2.53 bits per heavy atom. The molecule has 0 spiro atoms. The van der Waals surface area contributed by atoms with Crippen LogP contribution < -0.4 is 0 Å². The van der Waals surface area contributed by atoms with Crippen molar-refractivity contribution in [3.63, 3.8) is 0 Å². The van der Waals surface area contributed by atoms with Gasteiger partial charge in [-0.1, -0.05) is 23.4 Å². The molecule has 0 unspecified atom stereocenters. The minimum atomic E-state index is 0.225. The zero-order valence-electron chi connectivity index (χ0n) is 9.95. The maximum atomic E-state index is 9.32. The maximum absolute atomic E-state index is 9.32. The van der Waals surface area contributed by atoms with Crippen molar-refractivity contribution in [2.45, 2.75) is 0 Å². The molecular formula is C15H11NO3. The van der Waals surface area contributed by atoms with E-state index in [9.17, 15) is 5.11 Å². The van der Waals surface area contributed by atoms with Crippen molar-refractivity contribution in [3.05, 3.63) is 54.3 Å². The Hall–Kier alpha value is -2.75. The van der Waals surface area contributed by atoms with Crippen molar-refractivity contribution in [2.75, 3.05) is 0 Å². The highest BCUT2D eigenvalue weighted by molar-refractivity contribution is 6.03. The summed E-state index contributed by atoms with van der Waals surface area (Å²) in [6, 6.07) is 12.5. The summed E-state index contributed by atoms with van der Waals surface area (Å²) in [5.41, 5.74) is 3.39. The molecule has 0 bridgehead atoms. The largest absolute Gasteiger partial charge is 0.508 e. The van der Waals surface area contributed by atoms with Gasteiger partial charge in [0.2, 0.25) is 0 Å². The van der Waals surface area contributed by atoms with E-state index in [1.807, 2.05) is 30.3 Å². The predicted molar refractivity (Wildman–Crippen MR) is 72.7 cm³/mol. The Morgan fingerprint density at radius 1 is 1.00 bits per heavy atom. The standard InChI is InChI=1S/C15H11NO3/c17-12-4-1-10(2-5-12)13-6-3-11(9-16-18)14-7-8-19-15(13)14/h1-9,17-18H/b16-9-. The Morgan fingerprint density at radius 2 is 1.79 bits per heavy atom. The van der Waals surface area contributed by atoms with E-state index in [2.05, 4.69) is 5.16 Å². The lowest BCUT2D eigenvalue weighted by atomic mass is 10.0. The number of rotatable bonds is 2. The highest BCUT2D eigenvalue weighted by atomic mass is 16.4. The van der Waals surface area contributed by atoms with Crippen LogP contribution in [0.2, 0.25) is 0 Å². The smallest absolute Gasteiger partial charge is 0.142 e. The summed E-state index contributed by atoms with van der Waals surface area (Å²) < 4.78 is 5.51. The average Bonchev–Trinajstić information content (AvgIpc) is 2.90. The third kappa shape index (κ3) is 1.93. The average molecular weight is 253 g/mol. The van der Waals surface area contributed by atoms with Gasteiger partial charge in [-0.05, 0) is 29.8 Å². The van der Waals surface area contributed by atoms with Crippen molar-refractivity contribution in [1.29, 1.82) is 0 Å². The predicted octanol–water partition coefficient (Wildman–Crippen LogP) is 3.61. The summed E-state index contributed by atoms with van der Waals surface area (Å²) in [7, 11) is 0. The fraction of sp³-hybridized carbons (Fsp3) is 0. The monoisotopic (exact) mass is 253 g/mol. The van der Waals surface area contributed by atoms with Crippen LogP contribution in [-0.2, 0) is 0 Å². The lowest BCUT2D eigenvalue weighted by molar-refractivity contribution is 0.322. The molecule has 0 fully saturated rings. The molecule has 1 heterocycles. The molecule has 19 heavy (non-hydrogen) atoms. The molecule has 3 rings (SSSR count). The summed E-state index contributed by atoms with van der Waals surface area (Å²) in [6.45, 7) is 0. The zero-order chi connectivity index (χ0) is 13.2. The van der Waals surface area contributed by atoms with Crippen molar-refractivity contribution in [1.82, 2.24) is 0 Å². The van der Waals surface area contributed by atoms with E-state index in [1.54, 1.807) is 18.4 Å². The molecule has 94 valence electrons. The third-order valence-corrected chi connectivity index (χ3v) is 3.03. The van der Waals surface area contributed by atoms with Crippen LogP contribution in [0.25, 0.3) is 22.1 Å². The molecule has 3 aromatic rings. The minimum absolute atomic E-state index is 0.225. The number of hydrogen-bond acceptors (Lipinski definition) is 4. The van der Waals surface area contributed by atoms with Gasteiger partial charge in [0, 0.05) is 16.5 Å². The molecule has 0 saturated heterocycles. The number of hydrogen-bond donors (Lipinski definition) is 2. The van der Waals surface area contributed by atoms with Crippen LogP contribution in [0.3, 0.4) is 0 Å². The van der Waals surface area contributed by atoms with Crippen molar-refractivity contribution < 1.29 is 14.7 Å². The first-order valence-corrected chi connectivity index (χ1v) is 5.76. The molecule has 0 aliphatic carbocycles. The first-order valence-electron chi connectivity index (χ1n) is 5.76. The number of fused-ring (bicyclic) bond motifs is 1. The van der Waals surface area contributed by atoms with Crippen LogP contribution in [0.1, 0.15) is 5.56 Å². The maximum Gasteiger partial charge on any atom is 0.142 e. The van der Waals surface area contributed by atoms with Gasteiger partial charge in [-0.25, -0.2) is 0 Å². The fourth-order valence-electron chi connectivity index (χ4n) is 2.13. The number of oxime groups is 1. The van der Waals surface area contributed by atoms with Gasteiger partial charge in [-0.2, -0.15) is 0 Å². The molecule has 4 nitrogen and oxygen atoms in total. The van der Waals surface area contributed by atoms with Gasteiger partial charge in [0.15, 0.2) is 0 Å². The fourth-order valence-corrected chi connectivity index (χ4v) is 2.13. The normalized spacial score (nSPS) is 11.4. The Labute approximate surface area is 109 Å². The van der Waals surface area contributed by atoms with Gasteiger partial charge in [0.05, 0.1) is 12.5 Å². The Balaban J connectivity index is 2.23. The van der Waals surface area contributed by atoms with Crippen LogP contribution in [0, 0.1) is 0 Å². The lowest BCUT2D eigenvalue weighted by Crippen LogP contribution is -1.85. The summed E-state index contributed by atoms with van der Waals surface area (Å²) in [5.74, 6) is 0.225. The number of benzene rings is 2. The molecule has 2 aromatic carbocycles. The first-order chi connectivity index (χ1) is 9.29. The Bertz CT molecular complexity index is 742. The molecule has 0 saturated carbocycles. The highest BCUT2D eigenvalue weighted by Crippen LogP contribution is 2.31. The van der Waals surface area contributed by atoms with Gasteiger partial charge in [-0.15, -0.1) is 0 Å². The van der Waals surface area contributed by atoms with Crippen LogP contribution >= 0.6 is 0 Å². The van der Waals surface area contributed by atoms with Crippen molar-refractivity contribution >= 4 is 17.2 Å². The SMILES string of the molecule is O/N=C\c1ccc(-c2ccc(O)cc2)c2occc12. The van der Waals surface area contributed by atoms with Crippen LogP contribution in [0.15, 0.2) is 58.3 Å². The quantitative estimate of drug-likeness (QED) is 0.416. The van der Waals surface area contributed by atoms with Crippen molar-refractivity contribution in [3.8, 4) is 16.9 Å². The van der Waals surface area contributed by atoms with Gasteiger partial charge in [0.1, 0.15) is 11.3 Å². The second kappa shape index (κ2) is 4.49. The summed E-state index contributed by atoms with van der Waals surface area (Å²) >= 11 is 0. The van der Waals surface area contributed by atoms with E-state index in [4.69, 9.17) is 9.62 Å². The van der Waals surface area contributed by atoms with Gasteiger partial charge < -0.3 is 14.7 Å². The van der Waals surface area contributed by atoms with E-state index in [0.717, 1.165) is 27.7 Å². The molecular weight excluding hydrogens is 242 g/mol. The van der Waals surface area contributed by atoms with Crippen LogP contribution in [0.4, 0.5) is 0 Å². The molecule has 0 radical (unpaired) electrons. The topological polar surface area (TPSA) is 66.0 Å². The Kier molecular flexibility index (Phi) is 2.68. The first kappa shape index (κ1) is 11.3. The molecule has 0 amide bonds. The number of furan rings is 1. The van der Waals surface area contributed by atoms with E-state index < -0.39 is 0 Å². The van der Waals surface area contributed by atoms with Gasteiger partial charge in [-0.3, -0.25) is 0 Å². The number of phenols is 1. The van der Waals surface area contributed by atoms with Gasteiger partial charge in [0.25, 0.3) is 0 Å². The van der Waals surface area contributed by atoms with E-state index in [-0.39, 0.29) is 5.75 Å². The van der Waals surface area contributed by atoms with Crippen LogP contribution in [-0.4, -0.2) is 16.5 Å². The van der Waals surface area contributed by atoms with E-state index in [1.165, 1.54) is 6.21 Å². The van der Waals surface area contributed by atoms with Crippen molar-refractivity contribution in [2.24, 2.45) is 5.16 Å². The van der Waals surface area contributed by atoms with Crippen LogP contribution in [0.5, 0.6) is 5.75 Å². The second-order valence-corrected chi connectivity index (χ2v) is 4.16. The number of phenolic OH excluding ortho intramolecular Hbond substituents is 1. The van der Waals surface area contributed by atoms with E-state index >= 15 is 0 Å². The highest BCUT2D eigenvalue weighted by Gasteiger charge is 2.09. The molecule has 1 aromatic heterocycles. The minimum Gasteiger partial charge on any atom is -0.508 e. The zero-order valence-corrected chi connectivity index (χ0v) is 9.95. The molecule has 0 aliphatic heterocycles. The molecule has 2 N–H and O–H groups in total. The number of aromatic hydroxyl groups is 1. The molecule has 0 aliphatic rings. The number of nitrogens with zero attached hydrogens (tertiary/aromatic N) is 1. The summed E-state index contributed by atoms with van der Waals surface area (Å²) in [4.78, 5) is 0. The summed E-state index contributed by atoms with van der Waals surface area (Å²) in [6.07, 6.45) is 2.97. The van der Waals surface area contributed by atoms with Gasteiger partial charge >= 0.3 is 0 Å². The molecule has 4 heteroatoms. The van der Waals surface area contributed by atoms with E-state index in [0.29, 0.717) is 0 Å².